The van der Waals surface area contributed by atoms with Gasteiger partial charge in [0.1, 0.15) is 6.10 Å². The average Bonchev–Trinajstić information content (AvgIpc) is 3.20. The van der Waals surface area contributed by atoms with Gasteiger partial charge in [0.05, 0.1) is 6.61 Å². The summed E-state index contributed by atoms with van der Waals surface area (Å²) in [6, 6.07) is 0. The number of carbonyl (C=O) groups excluding carboxylic acids is 2. The quantitative estimate of drug-likeness (QED) is 0.100. The first-order valence-electron chi connectivity index (χ1n) is 16.0. The highest BCUT2D eigenvalue weighted by Gasteiger charge is 2.59. The fourth-order valence-corrected chi connectivity index (χ4v) is 10.0. The van der Waals surface area contributed by atoms with E-state index >= 15 is 0 Å². The molecule has 0 radical (unpaired) electrons. The lowest BCUT2D eigenvalue weighted by Gasteiger charge is -2.58. The van der Waals surface area contributed by atoms with E-state index in [1.165, 1.54) is 32.6 Å². The molecule has 0 N–H and O–H groups in total. The Bertz CT molecular complexity index is 1040. The number of rotatable bonds is 7. The van der Waals surface area contributed by atoms with Crippen LogP contribution in [0.15, 0.2) is 23.5 Å². The van der Waals surface area contributed by atoms with Crippen LogP contribution in [0, 0.1) is 40.4 Å². The van der Waals surface area contributed by atoms with E-state index in [9.17, 15) is 9.59 Å². The molecule has 226 valence electrons. The minimum Gasteiger partial charge on any atom is -0.539 e. The molecule has 3 fully saturated rings. The highest BCUT2D eigenvalue weighted by Crippen LogP contribution is 2.67. The average molecular weight is 573 g/mol. The number of ether oxygens (including phenoxy) is 2. The van der Waals surface area contributed by atoms with Crippen molar-refractivity contribution in [3.8, 4) is 0 Å². The number of hydrogen-bond acceptors (Lipinski definition) is 5. The maximum Gasteiger partial charge on any atom is 0.371 e. The Hall–Kier alpha value is -1.56. The molecule has 5 nitrogen and oxygen atoms in total. The summed E-state index contributed by atoms with van der Waals surface area (Å²) in [6.45, 7) is 22.1. The fraction of sp³-hybridized carbons (Fsp3) is 0.824. The van der Waals surface area contributed by atoms with E-state index in [0.717, 1.165) is 25.7 Å². The third-order valence-corrected chi connectivity index (χ3v) is 16.5. The summed E-state index contributed by atoms with van der Waals surface area (Å²) in [6.07, 6.45) is 13.9. The topological polar surface area (TPSA) is 61.8 Å². The van der Waals surface area contributed by atoms with E-state index in [4.69, 9.17) is 13.9 Å². The summed E-state index contributed by atoms with van der Waals surface area (Å²) in [5, 5.41) is 0.00539. The molecule has 0 aromatic rings. The van der Waals surface area contributed by atoms with Gasteiger partial charge in [0.2, 0.25) is 0 Å². The van der Waals surface area contributed by atoms with E-state index in [0.29, 0.717) is 36.0 Å². The smallest absolute Gasteiger partial charge is 0.371 e. The summed E-state index contributed by atoms with van der Waals surface area (Å²) >= 11 is 0. The molecule has 3 saturated carbocycles. The van der Waals surface area contributed by atoms with Crippen LogP contribution in [0.4, 0.5) is 0 Å². The molecular weight excluding hydrogens is 516 g/mol. The van der Waals surface area contributed by atoms with Crippen molar-refractivity contribution in [2.24, 2.45) is 40.4 Å². The maximum absolute atomic E-state index is 13.1. The van der Waals surface area contributed by atoms with Gasteiger partial charge in [0.25, 0.3) is 8.32 Å². The molecule has 0 bridgehead atoms. The van der Waals surface area contributed by atoms with Gasteiger partial charge in [-0.15, -0.1) is 0 Å². The van der Waals surface area contributed by atoms with Gasteiger partial charge >= 0.3 is 11.9 Å². The van der Waals surface area contributed by atoms with Crippen LogP contribution < -0.4 is 0 Å². The number of fused-ring (bicyclic) bond motifs is 5. The van der Waals surface area contributed by atoms with E-state index in [-0.39, 0.29) is 39.8 Å². The SMILES string of the molecule is CCOC(=O)/C(=C\[C@@H](C)[C@H]1CCC2C3CC=C4C[C@@H](OC(C)=O)CC[C@]4(C)C3CC[C@@]21C)O[Si](C)(C)C(C)(C)C. The van der Waals surface area contributed by atoms with Crippen LogP contribution >= 0.6 is 0 Å². The van der Waals surface area contributed by atoms with E-state index in [1.807, 2.05) is 6.92 Å². The molecule has 0 aromatic carbocycles. The highest BCUT2D eigenvalue weighted by molar-refractivity contribution is 6.74. The first kappa shape index (κ1) is 31.4. The number of hydrogen-bond donors (Lipinski definition) is 0. The normalized spacial score (nSPS) is 36.9. The molecule has 6 heteroatoms. The summed E-state index contributed by atoms with van der Waals surface area (Å²) < 4.78 is 17.7. The number of carbonyl (C=O) groups is 2. The van der Waals surface area contributed by atoms with Crippen LogP contribution in [0.3, 0.4) is 0 Å². The molecule has 0 amide bonds. The largest absolute Gasteiger partial charge is 0.539 e. The highest BCUT2D eigenvalue weighted by atomic mass is 28.4. The van der Waals surface area contributed by atoms with Crippen molar-refractivity contribution in [1.29, 1.82) is 0 Å². The van der Waals surface area contributed by atoms with Crippen LogP contribution in [-0.2, 0) is 23.5 Å². The lowest BCUT2D eigenvalue weighted by Crippen LogP contribution is -2.51. The van der Waals surface area contributed by atoms with Gasteiger partial charge in [-0.05, 0) is 116 Å². The molecule has 4 aliphatic carbocycles. The lowest BCUT2D eigenvalue weighted by molar-refractivity contribution is -0.148. The second-order valence-corrected chi connectivity index (χ2v) is 20.2. The molecule has 0 aromatic heterocycles. The molecule has 8 atom stereocenters. The summed E-state index contributed by atoms with van der Waals surface area (Å²) in [5.74, 6) is 2.88. The Balaban J connectivity index is 1.55. The monoisotopic (exact) mass is 572 g/mol. The van der Waals surface area contributed by atoms with Crippen molar-refractivity contribution in [1.82, 2.24) is 0 Å². The van der Waals surface area contributed by atoms with Crippen molar-refractivity contribution >= 4 is 20.3 Å². The van der Waals surface area contributed by atoms with Crippen molar-refractivity contribution in [2.75, 3.05) is 6.61 Å². The third-order valence-electron chi connectivity index (χ3n) is 12.2. The van der Waals surface area contributed by atoms with Crippen molar-refractivity contribution < 1.29 is 23.5 Å². The van der Waals surface area contributed by atoms with Crippen LogP contribution in [0.5, 0.6) is 0 Å². The van der Waals surface area contributed by atoms with E-state index in [2.05, 4.69) is 66.8 Å². The molecular formula is C34H56O5Si. The first-order chi connectivity index (χ1) is 18.5. The summed E-state index contributed by atoms with van der Waals surface area (Å²) in [5.41, 5.74) is 2.05. The Morgan fingerprint density at radius 3 is 2.42 bits per heavy atom. The minimum atomic E-state index is -2.19. The van der Waals surface area contributed by atoms with Gasteiger partial charge in [-0.25, -0.2) is 4.79 Å². The van der Waals surface area contributed by atoms with Crippen molar-refractivity contribution in [2.45, 2.75) is 131 Å². The molecule has 4 rings (SSSR count). The van der Waals surface area contributed by atoms with E-state index in [1.54, 1.807) is 5.57 Å². The van der Waals surface area contributed by atoms with Crippen molar-refractivity contribution in [3.63, 3.8) is 0 Å². The second kappa shape index (κ2) is 11.3. The first-order valence-corrected chi connectivity index (χ1v) is 18.9. The second-order valence-electron chi connectivity index (χ2n) is 15.4. The molecule has 0 heterocycles. The van der Waals surface area contributed by atoms with Gasteiger partial charge < -0.3 is 13.9 Å². The van der Waals surface area contributed by atoms with E-state index < -0.39 is 8.32 Å². The standard InChI is InChI=1S/C34H56O5Si/c1-11-37-31(36)30(39-40(9,10)32(4,5)6)20-22(2)27-14-15-28-26-13-12-24-21-25(38-23(3)35)16-18-33(24,7)29(26)17-19-34(27,28)8/h12,20,22,25-29H,11,13-19,21H2,1-10H3/b30-20+/t22-,25+,26?,27-,28?,29?,33+,34-/m1/s1. The molecule has 4 aliphatic rings. The third kappa shape index (κ3) is 5.72. The zero-order valence-electron chi connectivity index (χ0n) is 27.0. The predicted octanol–water partition coefficient (Wildman–Crippen LogP) is 8.60. The van der Waals surface area contributed by atoms with Gasteiger partial charge in [-0.3, -0.25) is 4.79 Å². The summed E-state index contributed by atoms with van der Waals surface area (Å²) in [7, 11) is -2.19. The Kier molecular flexibility index (Phi) is 8.83. The summed E-state index contributed by atoms with van der Waals surface area (Å²) in [4.78, 5) is 24.7. The fourth-order valence-electron chi connectivity index (χ4n) is 9.00. The van der Waals surface area contributed by atoms with Crippen LogP contribution in [0.2, 0.25) is 18.1 Å². The Labute approximate surface area is 245 Å². The minimum absolute atomic E-state index is 0.00539. The van der Waals surface area contributed by atoms with Gasteiger partial charge in [-0.1, -0.05) is 53.2 Å². The molecule has 40 heavy (non-hydrogen) atoms. The zero-order chi connectivity index (χ0) is 29.7. The van der Waals surface area contributed by atoms with Gasteiger partial charge in [0, 0.05) is 13.3 Å². The predicted molar refractivity (Wildman–Crippen MR) is 163 cm³/mol. The van der Waals surface area contributed by atoms with Crippen LogP contribution in [-0.4, -0.2) is 33.0 Å². The molecule has 0 aliphatic heterocycles. The Morgan fingerprint density at radius 1 is 1.10 bits per heavy atom. The number of allylic oxidation sites excluding steroid dienone is 2. The Morgan fingerprint density at radius 2 is 1.80 bits per heavy atom. The van der Waals surface area contributed by atoms with Crippen LogP contribution in [0.25, 0.3) is 0 Å². The molecule has 3 unspecified atom stereocenters. The van der Waals surface area contributed by atoms with Crippen molar-refractivity contribution in [3.05, 3.63) is 23.5 Å². The molecule has 0 spiro atoms. The van der Waals surface area contributed by atoms with Crippen LogP contribution in [0.1, 0.15) is 107 Å². The lowest BCUT2D eigenvalue weighted by atomic mass is 9.47. The number of esters is 2. The molecule has 0 saturated heterocycles. The van der Waals surface area contributed by atoms with Gasteiger partial charge in [0.15, 0.2) is 5.76 Å². The maximum atomic E-state index is 13.1. The zero-order valence-corrected chi connectivity index (χ0v) is 28.0. The van der Waals surface area contributed by atoms with Gasteiger partial charge in [-0.2, -0.15) is 0 Å².